The minimum Gasteiger partial charge on any atom is -0.480 e. The topological polar surface area (TPSA) is 140 Å². The Bertz CT molecular complexity index is 170. The SMILES string of the molecule is CN(CC(=O)O)C(=N)N.O=NO. The Morgan fingerprint density at radius 3 is 2.17 bits per heavy atom. The fraction of sp³-hybridized carbons (Fsp3) is 0.500. The Labute approximate surface area is 68.0 Å². The zero-order valence-corrected chi connectivity index (χ0v) is 6.39. The van der Waals surface area contributed by atoms with Gasteiger partial charge in [0, 0.05) is 7.05 Å². The lowest BCUT2D eigenvalue weighted by molar-refractivity contribution is -0.137. The summed E-state index contributed by atoms with van der Waals surface area (Å²) in [6, 6.07) is 0. The van der Waals surface area contributed by atoms with E-state index in [1.165, 1.54) is 12.4 Å². The van der Waals surface area contributed by atoms with Crippen molar-refractivity contribution >= 4 is 11.9 Å². The van der Waals surface area contributed by atoms with Crippen molar-refractivity contribution in [2.45, 2.75) is 0 Å². The molecule has 0 aromatic heterocycles. The van der Waals surface area contributed by atoms with Gasteiger partial charge in [-0.2, -0.15) is 0 Å². The van der Waals surface area contributed by atoms with E-state index in [1.807, 2.05) is 0 Å². The summed E-state index contributed by atoms with van der Waals surface area (Å²) in [4.78, 5) is 19.2. The molecule has 0 saturated heterocycles. The van der Waals surface area contributed by atoms with E-state index in [0.29, 0.717) is 0 Å². The van der Waals surface area contributed by atoms with E-state index in [4.69, 9.17) is 26.4 Å². The molecule has 0 fully saturated rings. The third-order valence-corrected chi connectivity index (χ3v) is 0.784. The molecule has 0 aliphatic carbocycles. The maximum absolute atomic E-state index is 9.92. The molecular weight excluding hydrogens is 168 g/mol. The van der Waals surface area contributed by atoms with E-state index in [-0.39, 0.29) is 12.5 Å². The maximum Gasteiger partial charge on any atom is 0.323 e. The van der Waals surface area contributed by atoms with Gasteiger partial charge in [-0.25, -0.2) is 0 Å². The Morgan fingerprint density at radius 1 is 1.75 bits per heavy atom. The van der Waals surface area contributed by atoms with Crippen molar-refractivity contribution in [2.75, 3.05) is 13.6 Å². The largest absolute Gasteiger partial charge is 0.480 e. The first-order valence-electron chi connectivity index (χ1n) is 2.69. The van der Waals surface area contributed by atoms with Crippen molar-refractivity contribution in [3.05, 3.63) is 4.91 Å². The van der Waals surface area contributed by atoms with Crippen LogP contribution in [0.2, 0.25) is 0 Å². The molecule has 5 N–H and O–H groups in total. The zero-order chi connectivity index (χ0) is 10.1. The van der Waals surface area contributed by atoms with E-state index in [1.54, 1.807) is 0 Å². The average molecular weight is 178 g/mol. The van der Waals surface area contributed by atoms with Crippen molar-refractivity contribution < 1.29 is 15.1 Å². The number of nitrogens with zero attached hydrogens (tertiary/aromatic N) is 2. The molecule has 12 heavy (non-hydrogen) atoms. The summed E-state index contributed by atoms with van der Waals surface area (Å²) in [6.45, 7) is -0.227. The van der Waals surface area contributed by atoms with E-state index >= 15 is 0 Å². The number of carboxylic acids is 1. The predicted molar refractivity (Wildman–Crippen MR) is 39.8 cm³/mol. The van der Waals surface area contributed by atoms with Gasteiger partial charge in [-0.1, -0.05) is 0 Å². The third kappa shape index (κ3) is 11.0. The summed E-state index contributed by atoms with van der Waals surface area (Å²) in [5, 5.41) is 22.8. The maximum atomic E-state index is 9.92. The van der Waals surface area contributed by atoms with Crippen molar-refractivity contribution in [3.63, 3.8) is 0 Å². The number of hydrogen-bond acceptors (Lipinski definition) is 4. The molecule has 0 aliphatic heterocycles. The smallest absolute Gasteiger partial charge is 0.323 e. The lowest BCUT2D eigenvalue weighted by Crippen LogP contribution is -2.36. The van der Waals surface area contributed by atoms with Crippen LogP contribution in [0.1, 0.15) is 0 Å². The molecule has 0 bridgehead atoms. The normalized spacial score (nSPS) is 7.42. The lowest BCUT2D eigenvalue weighted by Gasteiger charge is -2.12. The van der Waals surface area contributed by atoms with E-state index < -0.39 is 5.97 Å². The first kappa shape index (κ1) is 12.8. The number of carboxylic acid groups (broad SMARTS) is 1. The van der Waals surface area contributed by atoms with Gasteiger partial charge in [-0.15, -0.1) is 4.91 Å². The molecule has 0 aliphatic rings. The van der Waals surface area contributed by atoms with Crippen LogP contribution in [-0.2, 0) is 4.79 Å². The standard InChI is InChI=1S/C4H9N3O2.HNO2/c1-7(4(5)6)2-3(8)9;2-1-3/h2H2,1H3,(H3,5,6)(H,8,9);(H,2,3). The molecule has 70 valence electrons. The summed E-state index contributed by atoms with van der Waals surface area (Å²) in [5.74, 6) is -1.23. The second kappa shape index (κ2) is 7.25. The molecule has 0 saturated carbocycles. The van der Waals surface area contributed by atoms with Gasteiger partial charge in [0.1, 0.15) is 6.54 Å². The highest BCUT2D eigenvalue weighted by Gasteiger charge is 2.03. The Hall–Kier alpha value is -1.86. The fourth-order valence-corrected chi connectivity index (χ4v) is 0.288. The lowest BCUT2D eigenvalue weighted by atomic mass is 10.6. The highest BCUT2D eigenvalue weighted by Crippen LogP contribution is 1.76. The second-order valence-electron chi connectivity index (χ2n) is 1.72. The van der Waals surface area contributed by atoms with Crippen molar-refractivity contribution in [1.29, 1.82) is 5.41 Å². The van der Waals surface area contributed by atoms with Gasteiger partial charge in [-0.3, -0.25) is 10.2 Å². The van der Waals surface area contributed by atoms with Crippen LogP contribution in [-0.4, -0.2) is 40.7 Å². The van der Waals surface area contributed by atoms with Crippen LogP contribution in [0.5, 0.6) is 0 Å². The fourth-order valence-electron chi connectivity index (χ4n) is 0.288. The molecule has 0 rings (SSSR count). The first-order valence-corrected chi connectivity index (χ1v) is 2.69. The van der Waals surface area contributed by atoms with Crippen LogP contribution in [0.4, 0.5) is 0 Å². The Kier molecular flexibility index (Phi) is 7.72. The van der Waals surface area contributed by atoms with Crippen molar-refractivity contribution in [2.24, 2.45) is 11.1 Å². The van der Waals surface area contributed by atoms with Gasteiger partial charge in [0.15, 0.2) is 11.3 Å². The number of aliphatic carboxylic acids is 1. The van der Waals surface area contributed by atoms with Crippen LogP contribution in [0.15, 0.2) is 5.34 Å². The number of hydrogen-bond donors (Lipinski definition) is 4. The van der Waals surface area contributed by atoms with Gasteiger partial charge < -0.3 is 20.9 Å². The molecule has 0 aromatic rings. The molecule has 0 atom stereocenters. The van der Waals surface area contributed by atoms with Crippen molar-refractivity contribution in [1.82, 2.24) is 4.90 Å². The molecular formula is C4H10N4O4. The summed E-state index contributed by atoms with van der Waals surface area (Å²) >= 11 is 0. The zero-order valence-electron chi connectivity index (χ0n) is 6.39. The molecule has 0 amide bonds. The number of guanidine groups is 1. The van der Waals surface area contributed by atoms with Gasteiger partial charge in [0.05, 0.1) is 0 Å². The summed E-state index contributed by atoms with van der Waals surface area (Å²) < 4.78 is 0. The minimum atomic E-state index is -0.993. The van der Waals surface area contributed by atoms with E-state index in [0.717, 1.165) is 4.90 Å². The van der Waals surface area contributed by atoms with Crippen LogP contribution in [0, 0.1) is 10.3 Å². The van der Waals surface area contributed by atoms with Crippen molar-refractivity contribution in [3.8, 4) is 0 Å². The molecule has 0 aromatic carbocycles. The number of nitrogens with one attached hydrogen (secondary N) is 1. The Balaban J connectivity index is 0. The number of likely N-dealkylation sites (N-methyl/N-ethyl adjacent to an activating group) is 1. The van der Waals surface area contributed by atoms with Crippen LogP contribution in [0.3, 0.4) is 0 Å². The molecule has 0 spiro atoms. The number of rotatable bonds is 2. The predicted octanol–water partition coefficient (Wildman–Crippen LogP) is -0.962. The summed E-state index contributed by atoms with van der Waals surface area (Å²) in [7, 11) is 1.44. The summed E-state index contributed by atoms with van der Waals surface area (Å²) in [6.07, 6.45) is 0. The highest BCUT2D eigenvalue weighted by molar-refractivity contribution is 5.79. The Morgan fingerprint density at radius 2 is 2.08 bits per heavy atom. The molecule has 0 radical (unpaired) electrons. The van der Waals surface area contributed by atoms with E-state index in [9.17, 15) is 4.79 Å². The summed E-state index contributed by atoms with van der Waals surface area (Å²) in [5.41, 5.74) is 4.93. The van der Waals surface area contributed by atoms with Gasteiger partial charge in [0.25, 0.3) is 0 Å². The van der Waals surface area contributed by atoms with Gasteiger partial charge >= 0.3 is 5.97 Å². The minimum absolute atomic E-state index is 0.227. The second-order valence-corrected chi connectivity index (χ2v) is 1.72. The highest BCUT2D eigenvalue weighted by atomic mass is 16.6. The number of carbonyl (C=O) groups is 1. The average Bonchev–Trinajstić information content (AvgIpc) is 1.87. The van der Waals surface area contributed by atoms with E-state index in [2.05, 4.69) is 0 Å². The van der Waals surface area contributed by atoms with Gasteiger partial charge in [0.2, 0.25) is 0 Å². The number of nitrogens with two attached hydrogens (primary N) is 1. The molecule has 0 unspecified atom stereocenters. The molecule has 8 nitrogen and oxygen atoms in total. The molecule has 0 heterocycles. The van der Waals surface area contributed by atoms with Crippen LogP contribution in [0.25, 0.3) is 0 Å². The van der Waals surface area contributed by atoms with Crippen LogP contribution >= 0.6 is 0 Å². The third-order valence-electron chi connectivity index (χ3n) is 0.784. The van der Waals surface area contributed by atoms with Crippen LogP contribution < -0.4 is 5.73 Å². The monoisotopic (exact) mass is 178 g/mol. The van der Waals surface area contributed by atoms with Gasteiger partial charge in [-0.05, 0) is 0 Å². The first-order chi connectivity index (χ1) is 5.45. The molecule has 8 heteroatoms. The quantitative estimate of drug-likeness (QED) is 0.186.